The van der Waals surface area contributed by atoms with Crippen LogP contribution in [0.4, 0.5) is 22.7 Å². The monoisotopic (exact) mass is 869 g/mol. The molecule has 19 heteroatoms. The smallest absolute Gasteiger partial charge is 0.356 e. The zero-order valence-electron chi connectivity index (χ0n) is 31.9. The summed E-state index contributed by atoms with van der Waals surface area (Å²) in [6.07, 6.45) is 18.3. The van der Waals surface area contributed by atoms with E-state index in [1.165, 1.54) is 115 Å². The number of nitrogen functional groups attached to an aromatic ring is 1. The van der Waals surface area contributed by atoms with E-state index < -0.39 is 20.7 Å². The molecule has 2 N–H and O–H groups in total. The average Bonchev–Trinajstić information content (AvgIpc) is 4.07. The summed E-state index contributed by atoms with van der Waals surface area (Å²) in [5.41, 5.74) is 8.35. The van der Waals surface area contributed by atoms with E-state index in [9.17, 15) is 39.9 Å². The number of aromatic nitrogens is 4. The summed E-state index contributed by atoms with van der Waals surface area (Å²) < 4.78 is 4.37. The first-order valence-corrected chi connectivity index (χ1v) is 18.5. The Morgan fingerprint density at radius 1 is 0.597 bits per heavy atom. The van der Waals surface area contributed by atoms with Gasteiger partial charge in [0, 0.05) is 31.3 Å². The van der Waals surface area contributed by atoms with E-state index in [1.54, 1.807) is 12.3 Å². The Balaban J connectivity index is -0.000000705. The first-order valence-electron chi connectivity index (χ1n) is 18.5. The van der Waals surface area contributed by atoms with Crippen molar-refractivity contribution in [2.45, 2.75) is 108 Å². The van der Waals surface area contributed by atoms with Crippen LogP contribution in [0.2, 0.25) is 0 Å². The van der Waals surface area contributed by atoms with Crippen LogP contribution in [0.3, 0.4) is 0 Å². The van der Waals surface area contributed by atoms with Crippen LogP contribution < -0.4 is 5.73 Å². The van der Waals surface area contributed by atoms with Crippen molar-refractivity contribution in [2.75, 3.05) is 39.0 Å². The van der Waals surface area contributed by atoms with Crippen molar-refractivity contribution in [1.82, 2.24) is 29.7 Å². The minimum Gasteiger partial charge on any atom is -0.464 e. The molecule has 344 valence electrons. The molecule has 1 aliphatic carbocycles. The normalized spacial score (nSPS) is 13.3. The fourth-order valence-corrected chi connectivity index (χ4v) is 5.67. The number of nitrogens with zero attached hydrogens (tertiary/aromatic N) is 9. The second kappa shape index (κ2) is 33.4. The van der Waals surface area contributed by atoms with Crippen molar-refractivity contribution >= 4 is 35.0 Å². The molecular formula is C43H68N10O9. The van der Waals surface area contributed by atoms with Gasteiger partial charge in [-0.3, -0.25) is 54.9 Å². The quantitative estimate of drug-likeness (QED) is 0.0710. The van der Waals surface area contributed by atoms with Crippen LogP contribution in [0.25, 0.3) is 0 Å². The number of anilines is 1. The number of hydrogen-bond acceptors (Lipinski definition) is 16. The summed E-state index contributed by atoms with van der Waals surface area (Å²) in [5.74, 6) is -0.616. The molecule has 0 unspecified atom stereocenters. The zero-order valence-corrected chi connectivity index (χ0v) is 31.9. The van der Waals surface area contributed by atoms with E-state index in [1.807, 2.05) is 12.1 Å². The molecule has 19 nitrogen and oxygen atoms in total. The van der Waals surface area contributed by atoms with Crippen molar-refractivity contribution in [2.24, 2.45) is 0 Å². The molecule has 0 radical (unpaired) electrons. The zero-order chi connectivity index (χ0) is 41.4. The van der Waals surface area contributed by atoms with Gasteiger partial charge in [-0.05, 0) is 82.2 Å². The molecule has 7 rings (SSSR count). The third kappa shape index (κ3) is 22.9. The van der Waals surface area contributed by atoms with Gasteiger partial charge in [0.15, 0.2) is 6.29 Å². The molecule has 4 aromatic heterocycles. The van der Waals surface area contributed by atoms with Gasteiger partial charge in [0.1, 0.15) is 30.0 Å². The van der Waals surface area contributed by atoms with Crippen LogP contribution >= 0.6 is 0 Å². The molecular weight excluding hydrogens is 801 g/mol. The Hall–Kier alpha value is -6.34. The first kappa shape index (κ1) is 60.0. The van der Waals surface area contributed by atoms with Gasteiger partial charge >= 0.3 is 5.97 Å². The molecule has 0 aromatic carbocycles. The summed E-state index contributed by atoms with van der Waals surface area (Å²) in [6.45, 7) is 6.42. The number of carbonyl (C=O) groups excluding carboxylic acids is 2. The average molecular weight is 869 g/mol. The van der Waals surface area contributed by atoms with Crippen molar-refractivity contribution in [3.63, 3.8) is 0 Å². The molecule has 2 saturated heterocycles. The van der Waals surface area contributed by atoms with Gasteiger partial charge in [-0.2, -0.15) is 0 Å². The predicted octanol–water partition coefficient (Wildman–Crippen LogP) is 9.55. The van der Waals surface area contributed by atoms with Crippen LogP contribution in [0, 0.1) is 30.3 Å². The molecule has 62 heavy (non-hydrogen) atoms. The highest BCUT2D eigenvalue weighted by molar-refractivity contribution is 5.87. The lowest BCUT2D eigenvalue weighted by Gasteiger charge is -2.13. The lowest BCUT2D eigenvalue weighted by Crippen LogP contribution is -2.18. The molecule has 6 heterocycles. The van der Waals surface area contributed by atoms with Crippen LogP contribution in [0.15, 0.2) is 73.3 Å². The summed E-state index contributed by atoms with van der Waals surface area (Å²) >= 11 is 0. The highest BCUT2D eigenvalue weighted by Gasteiger charge is 2.14. The number of nitro groups is 3. The Kier molecular flexibility index (Phi) is 32.3. The maximum atomic E-state index is 10.8. The Labute approximate surface area is 366 Å². The predicted molar refractivity (Wildman–Crippen MR) is 244 cm³/mol. The number of nitrogens with two attached hydrogens (primary N) is 1. The van der Waals surface area contributed by atoms with Gasteiger partial charge in [-0.15, -0.1) is 0 Å². The standard InChI is InChI=1S/C10H13N3O2.C10H15N3.C7H6N2O4.C6H4N2O3.C5H10.5CH4/c14-13(15)10-4-3-9(11-7-10)8-12-5-1-2-6-12;11-9-3-4-10(12-7-9)8-13-5-1-2-6-13;1-13-7(10)6-3-2-5(4-8-6)9(11)12;9-4-5-1-2-6(3-7-5)8(10)11;1-2-4-5-3-1;;;;;/h3-4,7H,1-2,5-6,8H2;3-4,7H,1-2,5-6,8,11H2;2-4H,1H3;1-4H;1-5H2;5*1H4. The molecule has 0 amide bonds. The highest BCUT2D eigenvalue weighted by Crippen LogP contribution is 2.16. The fourth-order valence-electron chi connectivity index (χ4n) is 5.67. The Morgan fingerprint density at radius 2 is 0.984 bits per heavy atom. The lowest BCUT2D eigenvalue weighted by atomic mass is 10.3. The lowest BCUT2D eigenvalue weighted by molar-refractivity contribution is -0.385. The molecule has 3 fully saturated rings. The second-order valence-electron chi connectivity index (χ2n) is 13.0. The maximum absolute atomic E-state index is 10.8. The molecule has 0 spiro atoms. The number of methoxy groups -OCH3 is 1. The van der Waals surface area contributed by atoms with Gasteiger partial charge < -0.3 is 10.5 Å². The molecule has 3 aliphatic rings. The third-order valence-corrected chi connectivity index (χ3v) is 8.74. The van der Waals surface area contributed by atoms with Crippen LogP contribution in [0.5, 0.6) is 0 Å². The number of esters is 1. The van der Waals surface area contributed by atoms with E-state index in [2.05, 4.69) is 34.5 Å². The van der Waals surface area contributed by atoms with Gasteiger partial charge in [0.25, 0.3) is 17.1 Å². The van der Waals surface area contributed by atoms with Crippen molar-refractivity contribution in [3.8, 4) is 0 Å². The van der Waals surface area contributed by atoms with E-state index >= 15 is 0 Å². The third-order valence-electron chi connectivity index (χ3n) is 8.74. The van der Waals surface area contributed by atoms with Crippen LogP contribution in [0.1, 0.15) is 127 Å². The number of aldehydes is 1. The van der Waals surface area contributed by atoms with Crippen molar-refractivity contribution in [3.05, 3.63) is 126 Å². The minimum atomic E-state index is -0.616. The maximum Gasteiger partial charge on any atom is 0.356 e. The SMILES string of the molecule is C.C.C.C.C.C1CCCC1.COC(=O)c1ccc([N+](=O)[O-])cn1.Nc1ccc(CN2CCCC2)nc1.O=Cc1ccc([N+](=O)[O-])cn1.O=[N+]([O-])c1ccc(CN2CCCC2)nc1. The number of carbonyl (C=O) groups is 2. The molecule has 2 aliphatic heterocycles. The van der Waals surface area contributed by atoms with E-state index in [4.69, 9.17) is 5.73 Å². The Bertz CT molecular complexity index is 1830. The molecule has 4 aromatic rings. The topological polar surface area (TPSA) is 257 Å². The van der Waals surface area contributed by atoms with Gasteiger partial charge in [-0.25, -0.2) is 14.8 Å². The number of hydrogen-bond donors (Lipinski definition) is 1. The van der Waals surface area contributed by atoms with Crippen molar-refractivity contribution < 1.29 is 29.1 Å². The fraction of sp³-hybridized carbons (Fsp3) is 0.488. The van der Waals surface area contributed by atoms with E-state index in [-0.39, 0.29) is 65.6 Å². The second-order valence-corrected chi connectivity index (χ2v) is 13.0. The number of pyridine rings is 4. The minimum absolute atomic E-state index is 0. The summed E-state index contributed by atoms with van der Waals surface area (Å²) in [4.78, 5) is 70.2. The summed E-state index contributed by atoms with van der Waals surface area (Å²) in [6, 6.07) is 12.1. The summed E-state index contributed by atoms with van der Waals surface area (Å²) in [5, 5.41) is 30.7. The van der Waals surface area contributed by atoms with E-state index in [0.717, 1.165) is 55.6 Å². The molecule has 0 atom stereocenters. The van der Waals surface area contributed by atoms with E-state index in [0.29, 0.717) is 6.29 Å². The molecule has 1 saturated carbocycles. The van der Waals surface area contributed by atoms with Crippen LogP contribution in [-0.2, 0) is 17.8 Å². The first-order chi connectivity index (χ1) is 27.5. The Morgan fingerprint density at radius 3 is 1.29 bits per heavy atom. The summed E-state index contributed by atoms with van der Waals surface area (Å²) in [7, 11) is 1.21. The van der Waals surface area contributed by atoms with Crippen molar-refractivity contribution in [1.29, 1.82) is 0 Å². The number of likely N-dealkylation sites (tertiary alicyclic amines) is 2. The van der Waals surface area contributed by atoms with Crippen LogP contribution in [-0.4, -0.2) is 90.0 Å². The number of rotatable bonds is 9. The number of ether oxygens (including phenoxy) is 1. The van der Waals surface area contributed by atoms with Gasteiger partial charge in [-0.1, -0.05) is 69.2 Å². The highest BCUT2D eigenvalue weighted by atomic mass is 16.6. The molecule has 0 bridgehead atoms. The largest absolute Gasteiger partial charge is 0.464 e. The van der Waals surface area contributed by atoms with Gasteiger partial charge in [0.05, 0.1) is 45.2 Å². The van der Waals surface area contributed by atoms with Gasteiger partial charge in [0.2, 0.25) is 0 Å².